The molecule has 1 aromatic rings. The number of nitrogens with zero attached hydrogens (tertiary/aromatic N) is 3. The van der Waals surface area contributed by atoms with Gasteiger partial charge in [-0.05, 0) is 39.2 Å². The van der Waals surface area contributed by atoms with Crippen molar-refractivity contribution in [1.29, 1.82) is 0 Å². The highest BCUT2D eigenvalue weighted by Gasteiger charge is 2.36. The molecule has 1 saturated heterocycles. The van der Waals surface area contributed by atoms with Gasteiger partial charge >= 0.3 is 0 Å². The molecule has 1 saturated carbocycles. The van der Waals surface area contributed by atoms with Gasteiger partial charge in [-0.3, -0.25) is 4.79 Å². The molecule has 126 valence electrons. The van der Waals surface area contributed by atoms with E-state index in [0.29, 0.717) is 6.54 Å². The van der Waals surface area contributed by atoms with Crippen LogP contribution in [0.25, 0.3) is 0 Å². The number of carbonyl (C=O) groups is 1. The van der Waals surface area contributed by atoms with E-state index in [9.17, 15) is 9.90 Å². The molecular weight excluding hydrogens is 290 g/mol. The zero-order chi connectivity index (χ0) is 16.4. The molecule has 2 aliphatic rings. The molecule has 0 spiro atoms. The van der Waals surface area contributed by atoms with E-state index in [2.05, 4.69) is 9.97 Å². The zero-order valence-corrected chi connectivity index (χ0v) is 14.2. The first-order chi connectivity index (χ1) is 11.0. The highest BCUT2D eigenvalue weighted by atomic mass is 16.3. The average molecular weight is 317 g/mol. The van der Waals surface area contributed by atoms with Gasteiger partial charge < -0.3 is 10.0 Å². The number of hydrogen-bond acceptors (Lipinski definition) is 4. The molecule has 2 heterocycles. The summed E-state index contributed by atoms with van der Waals surface area (Å²) >= 11 is 0. The number of likely N-dealkylation sites (tertiary alicyclic amines) is 1. The lowest BCUT2D eigenvalue weighted by molar-refractivity contribution is -0.136. The van der Waals surface area contributed by atoms with Gasteiger partial charge in [0, 0.05) is 30.4 Å². The first-order valence-electron chi connectivity index (χ1n) is 8.77. The van der Waals surface area contributed by atoms with Crippen LogP contribution < -0.4 is 0 Å². The average Bonchev–Trinajstić information content (AvgIpc) is 2.96. The molecule has 1 aliphatic carbocycles. The van der Waals surface area contributed by atoms with E-state index >= 15 is 0 Å². The van der Waals surface area contributed by atoms with Crippen molar-refractivity contribution in [3.63, 3.8) is 0 Å². The number of amides is 1. The van der Waals surface area contributed by atoms with E-state index in [4.69, 9.17) is 0 Å². The summed E-state index contributed by atoms with van der Waals surface area (Å²) < 4.78 is 0. The molecule has 1 atom stereocenters. The SMILES string of the molecule is Cc1cc(C)nc(C2CCN(C(=O)CC3(O)CCCCC3)C2)n1. The van der Waals surface area contributed by atoms with Gasteiger partial charge in [0.05, 0.1) is 12.0 Å². The number of aromatic nitrogens is 2. The molecule has 1 aliphatic heterocycles. The molecule has 5 heteroatoms. The summed E-state index contributed by atoms with van der Waals surface area (Å²) in [6.45, 7) is 5.39. The summed E-state index contributed by atoms with van der Waals surface area (Å²) in [5, 5.41) is 10.6. The Bertz CT molecular complexity index is 561. The summed E-state index contributed by atoms with van der Waals surface area (Å²) in [5.41, 5.74) is 1.19. The fraction of sp³-hybridized carbons (Fsp3) is 0.722. The van der Waals surface area contributed by atoms with Gasteiger partial charge in [0.1, 0.15) is 5.82 Å². The van der Waals surface area contributed by atoms with Gasteiger partial charge in [-0.2, -0.15) is 0 Å². The van der Waals surface area contributed by atoms with E-state index in [1.807, 2.05) is 24.8 Å². The molecule has 0 aromatic carbocycles. The molecule has 5 nitrogen and oxygen atoms in total. The Morgan fingerprint density at radius 3 is 2.57 bits per heavy atom. The standard InChI is InChI=1S/C18H27N3O2/c1-13-10-14(2)20-17(19-13)15-6-9-21(12-15)16(22)11-18(23)7-4-3-5-8-18/h10,15,23H,3-9,11-12H2,1-2H3. The van der Waals surface area contributed by atoms with Gasteiger partial charge in [0.2, 0.25) is 5.91 Å². The fourth-order valence-electron chi connectivity index (χ4n) is 3.91. The van der Waals surface area contributed by atoms with Crippen LogP contribution in [-0.2, 0) is 4.79 Å². The number of carbonyl (C=O) groups excluding carboxylic acids is 1. The normalized spacial score (nSPS) is 24.0. The van der Waals surface area contributed by atoms with Crippen LogP contribution in [0.1, 0.15) is 68.1 Å². The van der Waals surface area contributed by atoms with Crippen LogP contribution in [0, 0.1) is 13.8 Å². The number of aliphatic hydroxyl groups is 1. The summed E-state index contributed by atoms with van der Waals surface area (Å²) in [6, 6.07) is 1.97. The van der Waals surface area contributed by atoms with Crippen molar-refractivity contribution >= 4 is 5.91 Å². The maximum atomic E-state index is 12.6. The Hall–Kier alpha value is -1.49. The summed E-state index contributed by atoms with van der Waals surface area (Å²) in [4.78, 5) is 23.5. The van der Waals surface area contributed by atoms with E-state index in [1.165, 1.54) is 6.42 Å². The molecule has 23 heavy (non-hydrogen) atoms. The molecule has 1 amide bonds. The zero-order valence-electron chi connectivity index (χ0n) is 14.2. The van der Waals surface area contributed by atoms with Crippen LogP contribution in [0.4, 0.5) is 0 Å². The highest BCUT2D eigenvalue weighted by Crippen LogP contribution is 2.33. The van der Waals surface area contributed by atoms with E-state index in [1.54, 1.807) is 0 Å². The number of aryl methyl sites for hydroxylation is 2. The van der Waals surface area contributed by atoms with Crippen LogP contribution >= 0.6 is 0 Å². The maximum Gasteiger partial charge on any atom is 0.225 e. The summed E-state index contributed by atoms with van der Waals surface area (Å²) in [7, 11) is 0. The minimum Gasteiger partial charge on any atom is -0.389 e. The van der Waals surface area contributed by atoms with Gasteiger partial charge in [-0.25, -0.2) is 9.97 Å². The molecular formula is C18H27N3O2. The number of rotatable bonds is 3. The second kappa shape index (κ2) is 6.56. The molecule has 0 bridgehead atoms. The lowest BCUT2D eigenvalue weighted by atomic mass is 9.82. The quantitative estimate of drug-likeness (QED) is 0.930. The van der Waals surface area contributed by atoms with Crippen LogP contribution in [0.3, 0.4) is 0 Å². The monoisotopic (exact) mass is 317 g/mol. The Labute approximate surface area is 138 Å². The Balaban J connectivity index is 1.61. The maximum absolute atomic E-state index is 12.6. The first kappa shape index (κ1) is 16.4. The highest BCUT2D eigenvalue weighted by molar-refractivity contribution is 5.77. The van der Waals surface area contributed by atoms with Gasteiger partial charge in [-0.1, -0.05) is 19.3 Å². The predicted molar refractivity (Wildman–Crippen MR) is 88.1 cm³/mol. The van der Waals surface area contributed by atoms with Crippen molar-refractivity contribution in [3.05, 3.63) is 23.3 Å². The molecule has 2 fully saturated rings. The van der Waals surface area contributed by atoms with E-state index in [-0.39, 0.29) is 18.2 Å². The second-order valence-corrected chi connectivity index (χ2v) is 7.30. The van der Waals surface area contributed by atoms with Crippen LogP contribution in [0.5, 0.6) is 0 Å². The van der Waals surface area contributed by atoms with E-state index < -0.39 is 5.60 Å². The van der Waals surface area contributed by atoms with Gasteiger partial charge in [0.25, 0.3) is 0 Å². The van der Waals surface area contributed by atoms with E-state index in [0.717, 1.165) is 55.9 Å². The molecule has 1 aromatic heterocycles. The lowest BCUT2D eigenvalue weighted by Crippen LogP contribution is -2.39. The third kappa shape index (κ3) is 3.89. The summed E-state index contributed by atoms with van der Waals surface area (Å²) in [6.07, 6.45) is 5.94. The summed E-state index contributed by atoms with van der Waals surface area (Å²) in [5.74, 6) is 1.16. The largest absolute Gasteiger partial charge is 0.389 e. The first-order valence-corrected chi connectivity index (χ1v) is 8.77. The molecule has 1 N–H and O–H groups in total. The molecule has 3 rings (SSSR count). The Kier molecular flexibility index (Phi) is 4.67. The van der Waals surface area contributed by atoms with Crippen LogP contribution in [0.2, 0.25) is 0 Å². The predicted octanol–water partition coefficient (Wildman–Crippen LogP) is 2.49. The van der Waals surface area contributed by atoms with Crippen molar-refractivity contribution in [2.45, 2.75) is 70.3 Å². The van der Waals surface area contributed by atoms with Crippen molar-refractivity contribution in [2.75, 3.05) is 13.1 Å². The third-order valence-electron chi connectivity index (χ3n) is 5.17. The molecule has 1 unspecified atom stereocenters. The smallest absolute Gasteiger partial charge is 0.225 e. The fourth-order valence-corrected chi connectivity index (χ4v) is 3.91. The third-order valence-corrected chi connectivity index (χ3v) is 5.17. The second-order valence-electron chi connectivity index (χ2n) is 7.30. The van der Waals surface area contributed by atoms with Crippen molar-refractivity contribution in [3.8, 4) is 0 Å². The van der Waals surface area contributed by atoms with Crippen LogP contribution in [-0.4, -0.2) is 44.6 Å². The Morgan fingerprint density at radius 1 is 1.26 bits per heavy atom. The number of hydrogen-bond donors (Lipinski definition) is 1. The molecule has 0 radical (unpaired) electrons. The minimum atomic E-state index is -0.774. The lowest BCUT2D eigenvalue weighted by Gasteiger charge is -2.32. The topological polar surface area (TPSA) is 66.3 Å². The minimum absolute atomic E-state index is 0.0845. The van der Waals surface area contributed by atoms with Crippen LogP contribution in [0.15, 0.2) is 6.07 Å². The Morgan fingerprint density at radius 2 is 1.91 bits per heavy atom. The van der Waals surface area contributed by atoms with Crippen molar-refractivity contribution in [2.24, 2.45) is 0 Å². The van der Waals surface area contributed by atoms with Crippen molar-refractivity contribution in [1.82, 2.24) is 14.9 Å². The van der Waals surface area contributed by atoms with Crippen molar-refractivity contribution < 1.29 is 9.90 Å². The van der Waals surface area contributed by atoms with Gasteiger partial charge in [-0.15, -0.1) is 0 Å². The van der Waals surface area contributed by atoms with Gasteiger partial charge in [0.15, 0.2) is 0 Å².